The lowest BCUT2D eigenvalue weighted by Crippen LogP contribution is -1.70. The van der Waals surface area contributed by atoms with Crippen LogP contribution in [0.25, 0.3) is 0 Å². The summed E-state index contributed by atoms with van der Waals surface area (Å²) in [5, 5.41) is 1.13. The second-order valence-corrected chi connectivity index (χ2v) is 2.88. The first kappa shape index (κ1) is 9.22. The average Bonchev–Trinajstić information content (AvgIpc) is 1.89. The van der Waals surface area contributed by atoms with E-state index in [-0.39, 0.29) is 0 Å². The molecule has 0 radical (unpaired) electrons. The maximum Gasteiger partial charge on any atom is 0.00342 e. The van der Waals surface area contributed by atoms with E-state index in [0.717, 1.165) is 5.33 Å². The second kappa shape index (κ2) is 8.22. The van der Waals surface area contributed by atoms with Gasteiger partial charge in [0.1, 0.15) is 0 Å². The standard InChI is InChI=1S/C8H15Br/c1-2-3-4-5-6-7-8-9/h4-5H,2-3,6-8H2,1H3/b5-4-. The van der Waals surface area contributed by atoms with Crippen LogP contribution in [-0.2, 0) is 0 Å². The lowest BCUT2D eigenvalue weighted by atomic mass is 10.2. The highest BCUT2D eigenvalue weighted by molar-refractivity contribution is 9.09. The Morgan fingerprint density at radius 2 is 1.89 bits per heavy atom. The molecule has 0 spiro atoms. The van der Waals surface area contributed by atoms with Gasteiger partial charge < -0.3 is 0 Å². The third-order valence-electron chi connectivity index (χ3n) is 1.13. The first-order chi connectivity index (χ1) is 4.41. The zero-order chi connectivity index (χ0) is 6.95. The maximum atomic E-state index is 3.38. The van der Waals surface area contributed by atoms with Crippen molar-refractivity contribution in [2.75, 3.05) is 5.33 Å². The molecule has 0 atom stereocenters. The Morgan fingerprint density at radius 1 is 1.22 bits per heavy atom. The van der Waals surface area contributed by atoms with Crippen LogP contribution in [0.15, 0.2) is 12.2 Å². The number of alkyl halides is 1. The van der Waals surface area contributed by atoms with Gasteiger partial charge >= 0.3 is 0 Å². The fourth-order valence-corrected chi connectivity index (χ4v) is 0.921. The van der Waals surface area contributed by atoms with Gasteiger partial charge in [-0.05, 0) is 19.3 Å². The van der Waals surface area contributed by atoms with Crippen molar-refractivity contribution < 1.29 is 0 Å². The van der Waals surface area contributed by atoms with Crippen molar-refractivity contribution in [3.63, 3.8) is 0 Å². The van der Waals surface area contributed by atoms with Crippen molar-refractivity contribution in [1.82, 2.24) is 0 Å². The van der Waals surface area contributed by atoms with Crippen LogP contribution in [-0.4, -0.2) is 5.33 Å². The van der Waals surface area contributed by atoms with Crippen LogP contribution in [0.2, 0.25) is 0 Å². The number of hydrogen-bond donors (Lipinski definition) is 0. The lowest BCUT2D eigenvalue weighted by molar-refractivity contribution is 0.929. The summed E-state index contributed by atoms with van der Waals surface area (Å²) in [5.41, 5.74) is 0. The monoisotopic (exact) mass is 190 g/mol. The van der Waals surface area contributed by atoms with Gasteiger partial charge in [0.15, 0.2) is 0 Å². The van der Waals surface area contributed by atoms with Crippen LogP contribution in [0.3, 0.4) is 0 Å². The summed E-state index contributed by atoms with van der Waals surface area (Å²) >= 11 is 3.38. The lowest BCUT2D eigenvalue weighted by Gasteiger charge is -1.86. The second-order valence-electron chi connectivity index (χ2n) is 2.09. The quantitative estimate of drug-likeness (QED) is 0.354. The van der Waals surface area contributed by atoms with Gasteiger partial charge in [-0.2, -0.15) is 0 Å². The Morgan fingerprint density at radius 3 is 2.44 bits per heavy atom. The van der Waals surface area contributed by atoms with Gasteiger partial charge in [-0.15, -0.1) is 0 Å². The minimum Gasteiger partial charge on any atom is -0.0928 e. The SMILES string of the molecule is CCC/C=C\CCCBr. The zero-order valence-corrected chi connectivity index (χ0v) is 7.65. The van der Waals surface area contributed by atoms with Gasteiger partial charge in [-0.25, -0.2) is 0 Å². The first-order valence-corrected chi connectivity index (χ1v) is 4.75. The van der Waals surface area contributed by atoms with E-state index in [9.17, 15) is 0 Å². The van der Waals surface area contributed by atoms with Crippen LogP contribution < -0.4 is 0 Å². The molecule has 0 N–H and O–H groups in total. The Labute approximate surface area is 66.5 Å². The topological polar surface area (TPSA) is 0 Å². The van der Waals surface area contributed by atoms with Crippen molar-refractivity contribution in [3.05, 3.63) is 12.2 Å². The molecule has 0 aliphatic rings. The highest BCUT2D eigenvalue weighted by Gasteiger charge is 1.77. The molecule has 1 heteroatoms. The molecular formula is C8H15Br. The zero-order valence-electron chi connectivity index (χ0n) is 6.07. The number of hydrogen-bond acceptors (Lipinski definition) is 0. The van der Waals surface area contributed by atoms with E-state index >= 15 is 0 Å². The fourth-order valence-electron chi connectivity index (χ4n) is 0.597. The number of halogens is 1. The molecule has 0 fully saturated rings. The summed E-state index contributed by atoms with van der Waals surface area (Å²) in [5.74, 6) is 0. The van der Waals surface area contributed by atoms with Gasteiger partial charge in [-0.3, -0.25) is 0 Å². The van der Waals surface area contributed by atoms with E-state index < -0.39 is 0 Å². The summed E-state index contributed by atoms with van der Waals surface area (Å²) in [6.45, 7) is 2.20. The molecule has 0 aromatic rings. The molecule has 0 nitrogen and oxygen atoms in total. The molecule has 54 valence electrons. The molecule has 0 saturated carbocycles. The Hall–Kier alpha value is 0.220. The number of allylic oxidation sites excluding steroid dienone is 2. The molecular weight excluding hydrogens is 176 g/mol. The minimum atomic E-state index is 1.13. The molecule has 0 heterocycles. The van der Waals surface area contributed by atoms with Crippen molar-refractivity contribution in [1.29, 1.82) is 0 Å². The molecule has 0 aliphatic carbocycles. The van der Waals surface area contributed by atoms with E-state index in [1.54, 1.807) is 0 Å². The van der Waals surface area contributed by atoms with Gasteiger partial charge in [0.2, 0.25) is 0 Å². The van der Waals surface area contributed by atoms with E-state index in [4.69, 9.17) is 0 Å². The molecule has 0 rings (SSSR count). The summed E-state index contributed by atoms with van der Waals surface area (Å²) in [7, 11) is 0. The maximum absolute atomic E-state index is 3.38. The van der Waals surface area contributed by atoms with E-state index in [0.29, 0.717) is 0 Å². The van der Waals surface area contributed by atoms with Gasteiger partial charge in [0.05, 0.1) is 0 Å². The molecule has 0 saturated heterocycles. The van der Waals surface area contributed by atoms with Gasteiger partial charge in [0.25, 0.3) is 0 Å². The molecule has 0 bridgehead atoms. The molecule has 0 aromatic heterocycles. The summed E-state index contributed by atoms with van der Waals surface area (Å²) in [4.78, 5) is 0. The van der Waals surface area contributed by atoms with E-state index in [1.165, 1.54) is 25.7 Å². The van der Waals surface area contributed by atoms with E-state index in [2.05, 4.69) is 35.0 Å². The average molecular weight is 191 g/mol. The first-order valence-electron chi connectivity index (χ1n) is 3.62. The van der Waals surface area contributed by atoms with Crippen LogP contribution in [0.4, 0.5) is 0 Å². The van der Waals surface area contributed by atoms with Crippen LogP contribution in [0.5, 0.6) is 0 Å². The van der Waals surface area contributed by atoms with Crippen molar-refractivity contribution in [2.45, 2.75) is 32.6 Å². The molecule has 0 aliphatic heterocycles. The van der Waals surface area contributed by atoms with Crippen molar-refractivity contribution in [3.8, 4) is 0 Å². The third kappa shape index (κ3) is 8.22. The molecule has 9 heavy (non-hydrogen) atoms. The van der Waals surface area contributed by atoms with Crippen LogP contribution in [0.1, 0.15) is 32.6 Å². The largest absolute Gasteiger partial charge is 0.0928 e. The summed E-state index contributed by atoms with van der Waals surface area (Å²) < 4.78 is 0. The fraction of sp³-hybridized carbons (Fsp3) is 0.750. The highest BCUT2D eigenvalue weighted by Crippen LogP contribution is 1.96. The molecule has 0 aromatic carbocycles. The smallest absolute Gasteiger partial charge is 0.00342 e. The Kier molecular flexibility index (Phi) is 8.42. The molecule has 0 amide bonds. The Balaban J connectivity index is 2.86. The van der Waals surface area contributed by atoms with Crippen molar-refractivity contribution in [2.24, 2.45) is 0 Å². The predicted molar refractivity (Wildman–Crippen MR) is 47.1 cm³/mol. The number of rotatable bonds is 5. The Bertz CT molecular complexity index is 67.0. The number of unbranched alkanes of at least 4 members (excludes halogenated alkanes) is 2. The summed E-state index contributed by atoms with van der Waals surface area (Å²) in [6, 6.07) is 0. The normalized spacial score (nSPS) is 10.9. The van der Waals surface area contributed by atoms with Gasteiger partial charge in [-0.1, -0.05) is 41.4 Å². The van der Waals surface area contributed by atoms with E-state index in [1.807, 2.05) is 0 Å². The third-order valence-corrected chi connectivity index (χ3v) is 1.69. The van der Waals surface area contributed by atoms with Crippen molar-refractivity contribution >= 4 is 15.9 Å². The molecule has 0 unspecified atom stereocenters. The summed E-state index contributed by atoms with van der Waals surface area (Å²) in [6.07, 6.45) is 9.53. The van der Waals surface area contributed by atoms with Gasteiger partial charge in [0, 0.05) is 5.33 Å². The minimum absolute atomic E-state index is 1.13. The predicted octanol–water partition coefficient (Wildman–Crippen LogP) is 3.52. The van der Waals surface area contributed by atoms with Crippen LogP contribution >= 0.6 is 15.9 Å². The highest BCUT2D eigenvalue weighted by atomic mass is 79.9. The van der Waals surface area contributed by atoms with Crippen LogP contribution in [0, 0.1) is 0 Å².